The molecule has 0 aliphatic heterocycles. The monoisotopic (exact) mass is 769 g/mol. The molecular formula is C38H32IN3O5S. The summed E-state index contributed by atoms with van der Waals surface area (Å²) in [5.41, 5.74) is 3.15. The van der Waals surface area contributed by atoms with Crippen LogP contribution >= 0.6 is 34.4 Å². The Morgan fingerprint density at radius 1 is 0.708 bits per heavy atom. The Balaban J connectivity index is 1.35. The molecule has 1 unspecified atom stereocenters. The second kappa shape index (κ2) is 16.7. The zero-order valence-corrected chi connectivity index (χ0v) is 29.1. The van der Waals surface area contributed by atoms with Crippen molar-refractivity contribution in [2.45, 2.75) is 10.1 Å². The SMILES string of the molecule is COc1ccc(/C=C(\NC(=O)c2ccccc2)C(=O)Nc2ccc(SC(C(=O)Nc3ccc(I)cc3)c3ccccc3)cc2)cc1OC. The van der Waals surface area contributed by atoms with Crippen molar-refractivity contribution >= 4 is 69.5 Å². The van der Waals surface area contributed by atoms with E-state index >= 15 is 0 Å². The second-order valence-corrected chi connectivity index (χ2v) is 12.8. The Morgan fingerprint density at radius 3 is 1.96 bits per heavy atom. The van der Waals surface area contributed by atoms with E-state index < -0.39 is 17.1 Å². The Hall–Kier alpha value is -5.07. The number of thioether (sulfide) groups is 1. The first kappa shape index (κ1) is 34.3. The Morgan fingerprint density at radius 2 is 1.31 bits per heavy atom. The zero-order chi connectivity index (χ0) is 33.9. The Kier molecular flexibility index (Phi) is 11.9. The molecule has 242 valence electrons. The molecule has 5 aromatic rings. The van der Waals surface area contributed by atoms with Crippen LogP contribution in [0.15, 0.2) is 138 Å². The normalized spacial score (nSPS) is 11.6. The summed E-state index contributed by atoms with van der Waals surface area (Å²) in [4.78, 5) is 40.9. The van der Waals surface area contributed by atoms with Gasteiger partial charge in [-0.15, -0.1) is 11.8 Å². The van der Waals surface area contributed by atoms with Crippen molar-refractivity contribution in [1.82, 2.24) is 5.32 Å². The fourth-order valence-electron chi connectivity index (χ4n) is 4.64. The molecule has 0 aromatic heterocycles. The van der Waals surface area contributed by atoms with Crippen LogP contribution in [0.5, 0.6) is 11.5 Å². The molecule has 3 amide bonds. The molecule has 0 heterocycles. The van der Waals surface area contributed by atoms with Crippen molar-refractivity contribution < 1.29 is 23.9 Å². The Labute approximate surface area is 297 Å². The summed E-state index contributed by atoms with van der Waals surface area (Å²) >= 11 is 3.63. The highest BCUT2D eigenvalue weighted by Crippen LogP contribution is 2.37. The van der Waals surface area contributed by atoms with Crippen molar-refractivity contribution in [2.75, 3.05) is 24.9 Å². The third kappa shape index (κ3) is 9.26. The van der Waals surface area contributed by atoms with Crippen LogP contribution in [0, 0.1) is 3.57 Å². The molecule has 1 atom stereocenters. The standard InChI is InChI=1S/C38H32IN3O5S/c1-46-33-22-13-25(24-34(33)47-2)23-32(42-36(43)27-11-7-4-8-12-27)37(44)40-30-18-20-31(21-19-30)48-35(26-9-5-3-6-10-26)38(45)41-29-16-14-28(39)15-17-29/h3-24,35H,1-2H3,(H,40,44)(H,41,45)(H,42,43)/b32-23-. The number of anilines is 2. The largest absolute Gasteiger partial charge is 0.493 e. The maximum atomic E-state index is 13.6. The molecule has 5 aromatic carbocycles. The highest BCUT2D eigenvalue weighted by Gasteiger charge is 2.23. The van der Waals surface area contributed by atoms with E-state index in [1.54, 1.807) is 60.7 Å². The lowest BCUT2D eigenvalue weighted by Crippen LogP contribution is -2.30. The van der Waals surface area contributed by atoms with Crippen LogP contribution in [0.2, 0.25) is 0 Å². The van der Waals surface area contributed by atoms with E-state index in [9.17, 15) is 14.4 Å². The van der Waals surface area contributed by atoms with Crippen molar-refractivity contribution in [3.8, 4) is 11.5 Å². The molecule has 0 spiro atoms. The minimum absolute atomic E-state index is 0.0333. The van der Waals surface area contributed by atoms with Gasteiger partial charge in [-0.05, 0) is 113 Å². The summed E-state index contributed by atoms with van der Waals surface area (Å²) in [6.45, 7) is 0. The van der Waals surface area contributed by atoms with Gasteiger partial charge in [-0.2, -0.15) is 0 Å². The van der Waals surface area contributed by atoms with E-state index in [0.717, 1.165) is 19.7 Å². The first-order chi connectivity index (χ1) is 23.3. The number of rotatable bonds is 12. The summed E-state index contributed by atoms with van der Waals surface area (Å²) in [7, 11) is 3.06. The lowest BCUT2D eigenvalue weighted by atomic mass is 10.1. The van der Waals surface area contributed by atoms with Gasteiger partial charge in [-0.3, -0.25) is 14.4 Å². The molecule has 0 aliphatic rings. The highest BCUT2D eigenvalue weighted by molar-refractivity contribution is 14.1. The lowest BCUT2D eigenvalue weighted by molar-refractivity contribution is -0.116. The molecule has 0 saturated heterocycles. The Bertz CT molecular complexity index is 1900. The third-order valence-electron chi connectivity index (χ3n) is 7.07. The lowest BCUT2D eigenvalue weighted by Gasteiger charge is -2.17. The molecule has 0 saturated carbocycles. The van der Waals surface area contributed by atoms with Crippen LogP contribution in [0.1, 0.15) is 26.7 Å². The van der Waals surface area contributed by atoms with Gasteiger partial charge < -0.3 is 25.4 Å². The molecule has 3 N–H and O–H groups in total. The number of carbonyl (C=O) groups is 3. The van der Waals surface area contributed by atoms with E-state index in [4.69, 9.17) is 9.47 Å². The molecule has 0 bridgehead atoms. The number of methoxy groups -OCH3 is 2. The fraction of sp³-hybridized carbons (Fsp3) is 0.0789. The number of carbonyl (C=O) groups excluding carboxylic acids is 3. The van der Waals surface area contributed by atoms with Crippen molar-refractivity contribution in [1.29, 1.82) is 0 Å². The number of halogens is 1. The van der Waals surface area contributed by atoms with E-state index in [0.29, 0.717) is 28.3 Å². The van der Waals surface area contributed by atoms with E-state index in [-0.39, 0.29) is 11.6 Å². The highest BCUT2D eigenvalue weighted by atomic mass is 127. The molecule has 48 heavy (non-hydrogen) atoms. The minimum Gasteiger partial charge on any atom is -0.493 e. The summed E-state index contributed by atoms with van der Waals surface area (Å²) < 4.78 is 11.8. The third-order valence-corrected chi connectivity index (χ3v) is 9.05. The van der Waals surface area contributed by atoms with Crippen LogP contribution in [0.3, 0.4) is 0 Å². The van der Waals surface area contributed by atoms with Crippen molar-refractivity contribution in [3.05, 3.63) is 153 Å². The number of amides is 3. The first-order valence-corrected chi connectivity index (χ1v) is 16.8. The molecule has 5 rings (SSSR count). The summed E-state index contributed by atoms with van der Waals surface area (Å²) in [6.07, 6.45) is 1.57. The van der Waals surface area contributed by atoms with Gasteiger partial charge in [0.25, 0.3) is 11.8 Å². The van der Waals surface area contributed by atoms with Crippen LogP contribution in [0.25, 0.3) is 6.08 Å². The summed E-state index contributed by atoms with van der Waals surface area (Å²) in [5, 5.41) is 8.13. The number of hydrogen-bond donors (Lipinski definition) is 3. The predicted molar refractivity (Wildman–Crippen MR) is 199 cm³/mol. The average molecular weight is 770 g/mol. The molecule has 8 nitrogen and oxygen atoms in total. The average Bonchev–Trinajstić information content (AvgIpc) is 3.12. The number of nitrogens with one attached hydrogen (secondary N) is 3. The van der Waals surface area contributed by atoms with Gasteiger partial charge in [0, 0.05) is 25.4 Å². The van der Waals surface area contributed by atoms with Crippen LogP contribution < -0.4 is 25.4 Å². The minimum atomic E-state index is -0.520. The maximum Gasteiger partial charge on any atom is 0.272 e. The van der Waals surface area contributed by atoms with Crippen molar-refractivity contribution in [2.24, 2.45) is 0 Å². The van der Waals surface area contributed by atoms with Gasteiger partial charge in [-0.1, -0.05) is 54.6 Å². The number of hydrogen-bond acceptors (Lipinski definition) is 6. The van der Waals surface area contributed by atoms with E-state index in [1.165, 1.54) is 26.0 Å². The number of ether oxygens (including phenoxy) is 2. The quantitative estimate of drug-likeness (QED) is 0.0672. The number of benzene rings is 5. The van der Waals surface area contributed by atoms with Crippen LogP contribution in [0.4, 0.5) is 11.4 Å². The summed E-state index contributed by atoms with van der Waals surface area (Å²) in [6, 6.07) is 38.2. The second-order valence-electron chi connectivity index (χ2n) is 10.4. The van der Waals surface area contributed by atoms with Gasteiger partial charge in [-0.25, -0.2) is 0 Å². The van der Waals surface area contributed by atoms with Gasteiger partial charge >= 0.3 is 0 Å². The van der Waals surface area contributed by atoms with Crippen LogP contribution in [-0.2, 0) is 9.59 Å². The van der Waals surface area contributed by atoms with Gasteiger partial charge in [0.2, 0.25) is 5.91 Å². The molecule has 0 radical (unpaired) electrons. The molecule has 0 fully saturated rings. The molecular weight excluding hydrogens is 737 g/mol. The molecule has 0 aliphatic carbocycles. The first-order valence-electron chi connectivity index (χ1n) is 14.8. The predicted octanol–water partition coefficient (Wildman–Crippen LogP) is 8.19. The fourth-order valence-corrected chi connectivity index (χ4v) is 6.03. The summed E-state index contributed by atoms with van der Waals surface area (Å²) in [5.74, 6) is -0.0830. The topological polar surface area (TPSA) is 106 Å². The van der Waals surface area contributed by atoms with Crippen LogP contribution in [-0.4, -0.2) is 31.9 Å². The van der Waals surface area contributed by atoms with Gasteiger partial charge in [0.15, 0.2) is 11.5 Å². The van der Waals surface area contributed by atoms with Gasteiger partial charge in [0.05, 0.1) is 14.2 Å². The van der Waals surface area contributed by atoms with E-state index in [2.05, 4.69) is 38.5 Å². The van der Waals surface area contributed by atoms with E-state index in [1.807, 2.05) is 72.8 Å². The van der Waals surface area contributed by atoms with Gasteiger partial charge in [0.1, 0.15) is 10.9 Å². The zero-order valence-electron chi connectivity index (χ0n) is 26.1. The maximum absolute atomic E-state index is 13.6. The molecule has 10 heteroatoms. The van der Waals surface area contributed by atoms with Crippen molar-refractivity contribution in [3.63, 3.8) is 0 Å². The smallest absolute Gasteiger partial charge is 0.272 e.